The third-order valence-corrected chi connectivity index (χ3v) is 2.47. The van der Waals surface area contributed by atoms with Crippen LogP contribution < -0.4 is 11.1 Å². The smallest absolute Gasteiger partial charge is 0.258 e. The van der Waals surface area contributed by atoms with Crippen molar-refractivity contribution in [2.24, 2.45) is 0 Å². The second-order valence-corrected chi connectivity index (χ2v) is 4.16. The molecule has 2 rings (SSSR count). The maximum atomic E-state index is 13.3. The summed E-state index contributed by atoms with van der Waals surface area (Å²) in [6, 6.07) is 5.65. The molecule has 0 spiro atoms. The zero-order valence-corrected chi connectivity index (χ0v) is 10.6. The minimum absolute atomic E-state index is 0.000741. The van der Waals surface area contributed by atoms with Crippen LogP contribution in [-0.2, 0) is 0 Å². The molecule has 1 heterocycles. The summed E-state index contributed by atoms with van der Waals surface area (Å²) in [5.74, 6) is -0.919. The molecule has 5 nitrogen and oxygen atoms in total. The van der Waals surface area contributed by atoms with Crippen molar-refractivity contribution >= 4 is 17.5 Å². The fraction of sp³-hybridized carbons (Fsp3) is 0.154. The number of aryl methyl sites for hydroxylation is 2. The molecule has 3 N–H and O–H groups in total. The Morgan fingerprint density at radius 1 is 1.21 bits per heavy atom. The van der Waals surface area contributed by atoms with Crippen molar-refractivity contribution in [3.63, 3.8) is 0 Å². The number of nitrogen functional groups attached to an aromatic ring is 1. The molecular weight excluding hydrogens is 247 g/mol. The van der Waals surface area contributed by atoms with Gasteiger partial charge in [-0.2, -0.15) is 0 Å². The van der Waals surface area contributed by atoms with Crippen LogP contribution in [0.5, 0.6) is 0 Å². The molecule has 1 amide bonds. The predicted octanol–water partition coefficient (Wildman–Crippen LogP) is 2.07. The van der Waals surface area contributed by atoms with Crippen molar-refractivity contribution < 1.29 is 9.18 Å². The standard InChI is InChI=1S/C13H13FN4O/c1-7-5-8(2)17-13(16-7)18-12(19)9-3-4-11(15)10(14)6-9/h3-6H,15H2,1-2H3,(H,16,17,18,19). The van der Waals surface area contributed by atoms with E-state index in [1.54, 1.807) is 19.9 Å². The fourth-order valence-corrected chi connectivity index (χ4v) is 1.62. The SMILES string of the molecule is Cc1cc(C)nc(NC(=O)c2ccc(N)c(F)c2)n1. The highest BCUT2D eigenvalue weighted by Gasteiger charge is 2.10. The summed E-state index contributed by atoms with van der Waals surface area (Å²) in [4.78, 5) is 20.1. The van der Waals surface area contributed by atoms with Crippen molar-refractivity contribution in [3.05, 3.63) is 47.0 Å². The van der Waals surface area contributed by atoms with E-state index in [4.69, 9.17) is 5.73 Å². The lowest BCUT2D eigenvalue weighted by Gasteiger charge is -2.06. The van der Waals surface area contributed by atoms with Crippen LogP contribution in [0.1, 0.15) is 21.7 Å². The van der Waals surface area contributed by atoms with Gasteiger partial charge in [-0.1, -0.05) is 0 Å². The van der Waals surface area contributed by atoms with Gasteiger partial charge in [0.25, 0.3) is 5.91 Å². The minimum atomic E-state index is -0.631. The number of amides is 1. The van der Waals surface area contributed by atoms with Crippen LogP contribution in [0.15, 0.2) is 24.3 Å². The molecule has 6 heteroatoms. The van der Waals surface area contributed by atoms with Crippen LogP contribution in [0.3, 0.4) is 0 Å². The van der Waals surface area contributed by atoms with Gasteiger partial charge in [0, 0.05) is 17.0 Å². The number of carbonyl (C=O) groups excluding carboxylic acids is 1. The third kappa shape index (κ3) is 3.04. The van der Waals surface area contributed by atoms with Crippen LogP contribution in [-0.4, -0.2) is 15.9 Å². The number of hydrogen-bond acceptors (Lipinski definition) is 4. The van der Waals surface area contributed by atoms with E-state index in [1.807, 2.05) is 0 Å². The average molecular weight is 260 g/mol. The number of nitrogens with one attached hydrogen (secondary N) is 1. The van der Waals surface area contributed by atoms with Gasteiger partial charge in [-0.15, -0.1) is 0 Å². The molecule has 0 aliphatic carbocycles. The summed E-state index contributed by atoms with van der Waals surface area (Å²) in [6.07, 6.45) is 0. The summed E-state index contributed by atoms with van der Waals surface area (Å²) in [5, 5.41) is 2.52. The van der Waals surface area contributed by atoms with Gasteiger partial charge >= 0.3 is 0 Å². The summed E-state index contributed by atoms with van der Waals surface area (Å²) in [7, 11) is 0. The van der Waals surface area contributed by atoms with Crippen molar-refractivity contribution in [1.82, 2.24) is 9.97 Å². The van der Waals surface area contributed by atoms with Crippen LogP contribution >= 0.6 is 0 Å². The van der Waals surface area contributed by atoms with Gasteiger partial charge in [0.2, 0.25) is 5.95 Å². The molecule has 0 unspecified atom stereocenters. The molecule has 19 heavy (non-hydrogen) atoms. The first-order valence-electron chi connectivity index (χ1n) is 5.64. The van der Waals surface area contributed by atoms with E-state index in [0.717, 1.165) is 17.5 Å². The first-order valence-corrected chi connectivity index (χ1v) is 5.64. The number of carbonyl (C=O) groups is 1. The second kappa shape index (κ2) is 5.01. The number of aromatic nitrogens is 2. The molecule has 0 aliphatic heterocycles. The van der Waals surface area contributed by atoms with Crippen LogP contribution in [0.25, 0.3) is 0 Å². The lowest BCUT2D eigenvalue weighted by Crippen LogP contribution is -2.15. The molecule has 0 saturated heterocycles. The second-order valence-electron chi connectivity index (χ2n) is 4.16. The highest BCUT2D eigenvalue weighted by Crippen LogP contribution is 2.13. The van der Waals surface area contributed by atoms with E-state index < -0.39 is 11.7 Å². The van der Waals surface area contributed by atoms with Crippen LogP contribution in [0.4, 0.5) is 16.0 Å². The molecule has 1 aromatic carbocycles. The van der Waals surface area contributed by atoms with E-state index >= 15 is 0 Å². The Balaban J connectivity index is 2.22. The van der Waals surface area contributed by atoms with E-state index in [1.165, 1.54) is 12.1 Å². The monoisotopic (exact) mass is 260 g/mol. The highest BCUT2D eigenvalue weighted by molar-refractivity contribution is 6.03. The Kier molecular flexibility index (Phi) is 3.41. The van der Waals surface area contributed by atoms with Crippen molar-refractivity contribution in [1.29, 1.82) is 0 Å². The zero-order valence-electron chi connectivity index (χ0n) is 10.6. The fourth-order valence-electron chi connectivity index (χ4n) is 1.62. The van der Waals surface area contributed by atoms with Gasteiger partial charge < -0.3 is 5.73 Å². The van der Waals surface area contributed by atoms with Gasteiger partial charge in [-0.3, -0.25) is 10.1 Å². The predicted molar refractivity (Wildman–Crippen MR) is 70.3 cm³/mol. The Bertz CT molecular complexity index is 622. The average Bonchev–Trinajstić information content (AvgIpc) is 2.31. The molecule has 1 aromatic heterocycles. The van der Waals surface area contributed by atoms with E-state index in [9.17, 15) is 9.18 Å². The van der Waals surface area contributed by atoms with E-state index in [0.29, 0.717) is 0 Å². The number of nitrogens with zero attached hydrogens (tertiary/aromatic N) is 2. The van der Waals surface area contributed by atoms with Crippen molar-refractivity contribution in [2.75, 3.05) is 11.1 Å². The topological polar surface area (TPSA) is 80.9 Å². The number of halogens is 1. The maximum Gasteiger partial charge on any atom is 0.258 e. The zero-order chi connectivity index (χ0) is 14.0. The van der Waals surface area contributed by atoms with Crippen LogP contribution in [0.2, 0.25) is 0 Å². The number of rotatable bonds is 2. The minimum Gasteiger partial charge on any atom is -0.396 e. The lowest BCUT2D eigenvalue weighted by molar-refractivity contribution is 0.102. The molecule has 0 fully saturated rings. The lowest BCUT2D eigenvalue weighted by atomic mass is 10.2. The number of anilines is 2. The molecule has 98 valence electrons. The Labute approximate surface area is 109 Å². The quantitative estimate of drug-likeness (QED) is 0.810. The van der Waals surface area contributed by atoms with Crippen LogP contribution in [0, 0.1) is 19.7 Å². The third-order valence-electron chi connectivity index (χ3n) is 2.47. The highest BCUT2D eigenvalue weighted by atomic mass is 19.1. The summed E-state index contributed by atoms with van der Waals surface area (Å²) in [6.45, 7) is 3.60. The Morgan fingerprint density at radius 3 is 2.42 bits per heavy atom. The molecule has 2 aromatic rings. The number of benzene rings is 1. The Morgan fingerprint density at radius 2 is 1.84 bits per heavy atom. The van der Waals surface area contributed by atoms with Gasteiger partial charge in [-0.05, 0) is 38.1 Å². The van der Waals surface area contributed by atoms with E-state index in [-0.39, 0.29) is 17.2 Å². The van der Waals surface area contributed by atoms with E-state index in [2.05, 4.69) is 15.3 Å². The Hall–Kier alpha value is -2.50. The maximum absolute atomic E-state index is 13.3. The molecule has 0 saturated carbocycles. The van der Waals surface area contributed by atoms with Gasteiger partial charge in [0.05, 0.1) is 5.69 Å². The van der Waals surface area contributed by atoms with Gasteiger partial charge in [0.15, 0.2) is 0 Å². The van der Waals surface area contributed by atoms with Crippen molar-refractivity contribution in [3.8, 4) is 0 Å². The normalized spacial score (nSPS) is 10.3. The van der Waals surface area contributed by atoms with Gasteiger partial charge in [-0.25, -0.2) is 14.4 Å². The molecule has 0 radical (unpaired) electrons. The molecule has 0 bridgehead atoms. The number of hydrogen-bond donors (Lipinski definition) is 2. The van der Waals surface area contributed by atoms with Gasteiger partial charge in [0.1, 0.15) is 5.82 Å². The summed E-state index contributed by atoms with van der Waals surface area (Å²) < 4.78 is 13.3. The molecule has 0 atom stereocenters. The first kappa shape index (κ1) is 12.9. The first-order chi connectivity index (χ1) is 8.95. The van der Waals surface area contributed by atoms with Crippen molar-refractivity contribution in [2.45, 2.75) is 13.8 Å². The largest absolute Gasteiger partial charge is 0.396 e. The number of nitrogens with two attached hydrogens (primary N) is 1. The summed E-state index contributed by atoms with van der Waals surface area (Å²) >= 11 is 0. The summed E-state index contributed by atoms with van der Waals surface area (Å²) in [5.41, 5.74) is 6.99. The molecular formula is C13H13FN4O. The molecule has 0 aliphatic rings.